The van der Waals surface area contributed by atoms with Crippen molar-refractivity contribution in [2.45, 2.75) is 68.6 Å². The summed E-state index contributed by atoms with van der Waals surface area (Å²) in [6, 6.07) is 8.58. The van der Waals surface area contributed by atoms with Crippen LogP contribution in [0.1, 0.15) is 58.4 Å². The Labute approximate surface area is 140 Å². The van der Waals surface area contributed by atoms with E-state index in [1.54, 1.807) is 0 Å². The molecule has 0 radical (unpaired) electrons. The third-order valence-electron chi connectivity index (χ3n) is 4.95. The molecule has 2 unspecified atom stereocenters. The maximum absolute atomic E-state index is 10.8. The van der Waals surface area contributed by atoms with Crippen LogP contribution in [-0.2, 0) is 5.60 Å². The monoisotopic (exact) mass is 321 g/mol. The molecule has 2 nitrogen and oxygen atoms in total. The minimum absolute atomic E-state index is 0.185. The molecule has 0 aromatic heterocycles. The molecular formula is C19H31NOS. The van der Waals surface area contributed by atoms with Gasteiger partial charge in [-0.05, 0) is 44.0 Å². The van der Waals surface area contributed by atoms with Crippen molar-refractivity contribution in [2.24, 2.45) is 5.92 Å². The van der Waals surface area contributed by atoms with Crippen molar-refractivity contribution in [1.82, 2.24) is 5.32 Å². The molecule has 1 aromatic carbocycles. The molecule has 1 fully saturated rings. The van der Waals surface area contributed by atoms with Gasteiger partial charge < -0.3 is 10.4 Å². The maximum Gasteiger partial charge on any atom is 0.0906 e. The maximum atomic E-state index is 10.8. The van der Waals surface area contributed by atoms with Crippen LogP contribution in [0.2, 0.25) is 0 Å². The third kappa shape index (κ3) is 4.74. The lowest BCUT2D eigenvalue weighted by Gasteiger charge is -2.31. The molecule has 3 heteroatoms. The lowest BCUT2D eigenvalue weighted by molar-refractivity contribution is 0.00205. The molecule has 1 aliphatic rings. The predicted octanol–water partition coefficient (Wildman–Crippen LogP) is 4.56. The first-order valence-electron chi connectivity index (χ1n) is 8.74. The highest BCUT2D eigenvalue weighted by Gasteiger charge is 2.30. The number of hydrogen-bond acceptors (Lipinski definition) is 3. The van der Waals surface area contributed by atoms with Crippen LogP contribution in [0.4, 0.5) is 0 Å². The fourth-order valence-electron chi connectivity index (χ4n) is 3.09. The number of benzene rings is 1. The van der Waals surface area contributed by atoms with E-state index in [1.807, 2.05) is 18.7 Å². The van der Waals surface area contributed by atoms with Crippen LogP contribution >= 0.6 is 11.8 Å². The minimum Gasteiger partial charge on any atom is -0.385 e. The standard InChI is InChI=1S/C19H31NOS/c1-4-20-14-15(2)19(3,21)16-10-12-18(13-11-16)22-17-8-6-5-7-9-17/h10-13,15,17,20-21H,4-9,14H2,1-3H3. The molecule has 0 heterocycles. The minimum atomic E-state index is -0.782. The molecule has 0 amide bonds. The van der Waals surface area contributed by atoms with Crippen LogP contribution in [0.5, 0.6) is 0 Å². The van der Waals surface area contributed by atoms with Crippen molar-refractivity contribution in [3.8, 4) is 0 Å². The Balaban J connectivity index is 1.97. The molecule has 2 rings (SSSR count). The Bertz CT molecular complexity index is 437. The van der Waals surface area contributed by atoms with Gasteiger partial charge in [0.2, 0.25) is 0 Å². The lowest BCUT2D eigenvalue weighted by atomic mass is 9.84. The Hall–Kier alpha value is -0.510. The van der Waals surface area contributed by atoms with Gasteiger partial charge in [-0.1, -0.05) is 45.2 Å². The molecule has 1 aromatic rings. The molecule has 0 aliphatic heterocycles. The van der Waals surface area contributed by atoms with Gasteiger partial charge in [-0.3, -0.25) is 0 Å². The molecule has 2 atom stereocenters. The topological polar surface area (TPSA) is 32.3 Å². The summed E-state index contributed by atoms with van der Waals surface area (Å²) in [5.74, 6) is 0.185. The molecular weight excluding hydrogens is 290 g/mol. The third-order valence-corrected chi connectivity index (χ3v) is 6.30. The summed E-state index contributed by atoms with van der Waals surface area (Å²) < 4.78 is 0. The first-order chi connectivity index (χ1) is 10.5. The zero-order valence-corrected chi connectivity index (χ0v) is 15.1. The van der Waals surface area contributed by atoms with Gasteiger partial charge in [0, 0.05) is 22.6 Å². The highest BCUT2D eigenvalue weighted by atomic mass is 32.2. The van der Waals surface area contributed by atoms with Crippen LogP contribution < -0.4 is 5.32 Å². The van der Waals surface area contributed by atoms with Crippen LogP contribution in [0, 0.1) is 5.92 Å². The second-order valence-corrected chi connectivity index (χ2v) is 8.13. The number of aliphatic hydroxyl groups is 1. The number of rotatable bonds is 7. The van der Waals surface area contributed by atoms with Crippen molar-refractivity contribution in [2.75, 3.05) is 13.1 Å². The predicted molar refractivity (Wildman–Crippen MR) is 96.5 cm³/mol. The van der Waals surface area contributed by atoms with Gasteiger partial charge in [-0.15, -0.1) is 11.8 Å². The molecule has 2 N–H and O–H groups in total. The molecule has 0 spiro atoms. The van der Waals surface area contributed by atoms with Crippen molar-refractivity contribution in [3.05, 3.63) is 29.8 Å². The number of nitrogens with one attached hydrogen (secondary N) is 1. The van der Waals surface area contributed by atoms with E-state index < -0.39 is 5.60 Å². The van der Waals surface area contributed by atoms with Crippen molar-refractivity contribution < 1.29 is 5.11 Å². The second kappa shape index (κ2) is 8.37. The summed E-state index contributed by atoms with van der Waals surface area (Å²) in [6.07, 6.45) is 6.87. The van der Waals surface area contributed by atoms with Crippen molar-refractivity contribution >= 4 is 11.8 Å². The first kappa shape index (κ1) is 17.8. The van der Waals surface area contributed by atoms with Crippen LogP contribution in [0.25, 0.3) is 0 Å². The highest BCUT2D eigenvalue weighted by Crippen LogP contribution is 2.35. The second-order valence-electron chi connectivity index (χ2n) is 6.76. The van der Waals surface area contributed by atoms with Gasteiger partial charge in [0.05, 0.1) is 5.60 Å². The van der Waals surface area contributed by atoms with Gasteiger partial charge in [0.15, 0.2) is 0 Å². The SMILES string of the molecule is CCNCC(C)C(C)(O)c1ccc(SC2CCCCC2)cc1. The Morgan fingerprint density at radius 3 is 2.45 bits per heavy atom. The van der Waals surface area contributed by atoms with Crippen LogP contribution in [0.3, 0.4) is 0 Å². The summed E-state index contributed by atoms with van der Waals surface area (Å²) >= 11 is 2.01. The fourth-order valence-corrected chi connectivity index (χ4v) is 4.34. The van der Waals surface area contributed by atoms with Crippen LogP contribution in [0.15, 0.2) is 29.2 Å². The summed E-state index contributed by atoms with van der Waals surface area (Å²) in [5.41, 5.74) is 0.238. The molecule has 1 aliphatic carbocycles. The summed E-state index contributed by atoms with van der Waals surface area (Å²) in [6.45, 7) is 7.91. The van der Waals surface area contributed by atoms with Gasteiger partial charge in [-0.2, -0.15) is 0 Å². The van der Waals surface area contributed by atoms with E-state index in [9.17, 15) is 5.11 Å². The van der Waals surface area contributed by atoms with E-state index in [1.165, 1.54) is 37.0 Å². The molecule has 0 bridgehead atoms. The zero-order chi connectivity index (χ0) is 16.0. The van der Waals surface area contributed by atoms with Gasteiger partial charge in [0.1, 0.15) is 0 Å². The summed E-state index contributed by atoms with van der Waals surface area (Å²) in [7, 11) is 0. The van der Waals surface area contributed by atoms with Crippen molar-refractivity contribution in [1.29, 1.82) is 0 Å². The van der Waals surface area contributed by atoms with Crippen molar-refractivity contribution in [3.63, 3.8) is 0 Å². The highest BCUT2D eigenvalue weighted by molar-refractivity contribution is 8.00. The van der Waals surface area contributed by atoms with Gasteiger partial charge in [0.25, 0.3) is 0 Å². The lowest BCUT2D eigenvalue weighted by Crippen LogP contribution is -2.36. The molecule has 124 valence electrons. The zero-order valence-electron chi connectivity index (χ0n) is 14.3. The Morgan fingerprint density at radius 2 is 1.86 bits per heavy atom. The average molecular weight is 322 g/mol. The quantitative estimate of drug-likeness (QED) is 0.772. The van der Waals surface area contributed by atoms with E-state index in [-0.39, 0.29) is 5.92 Å². The number of hydrogen-bond donors (Lipinski definition) is 2. The van der Waals surface area contributed by atoms with E-state index >= 15 is 0 Å². The van der Waals surface area contributed by atoms with E-state index in [0.29, 0.717) is 0 Å². The Morgan fingerprint density at radius 1 is 1.23 bits per heavy atom. The summed E-state index contributed by atoms with van der Waals surface area (Å²) in [4.78, 5) is 1.34. The van der Waals surface area contributed by atoms with Gasteiger partial charge >= 0.3 is 0 Å². The number of thioether (sulfide) groups is 1. The molecule has 1 saturated carbocycles. The smallest absolute Gasteiger partial charge is 0.0906 e. The molecule has 0 saturated heterocycles. The fraction of sp³-hybridized carbons (Fsp3) is 0.684. The van der Waals surface area contributed by atoms with Gasteiger partial charge in [-0.25, -0.2) is 0 Å². The largest absolute Gasteiger partial charge is 0.385 e. The van der Waals surface area contributed by atoms with Crippen LogP contribution in [-0.4, -0.2) is 23.4 Å². The van der Waals surface area contributed by atoms with E-state index in [0.717, 1.165) is 23.9 Å². The molecule has 22 heavy (non-hydrogen) atoms. The average Bonchev–Trinajstić information content (AvgIpc) is 2.54. The van der Waals surface area contributed by atoms with E-state index in [4.69, 9.17) is 0 Å². The normalized spacial score (nSPS) is 20.5. The van der Waals surface area contributed by atoms with E-state index in [2.05, 4.69) is 43.4 Å². The first-order valence-corrected chi connectivity index (χ1v) is 9.62. The Kier molecular flexibility index (Phi) is 6.79. The summed E-state index contributed by atoms with van der Waals surface area (Å²) in [5, 5.41) is 15.0.